The number of aliphatic hydroxyl groups excluding tert-OH is 1. The van der Waals surface area contributed by atoms with Crippen LogP contribution in [0.3, 0.4) is 0 Å². The van der Waals surface area contributed by atoms with Gasteiger partial charge in [-0.15, -0.1) is 0 Å². The van der Waals surface area contributed by atoms with E-state index < -0.39 is 6.10 Å². The van der Waals surface area contributed by atoms with Crippen molar-refractivity contribution in [1.29, 1.82) is 0 Å². The summed E-state index contributed by atoms with van der Waals surface area (Å²) in [4.78, 5) is 0. The number of hydrogen-bond donors (Lipinski definition) is 2. The third kappa shape index (κ3) is 6.71. The highest BCUT2D eigenvalue weighted by atomic mass is 35.5. The van der Waals surface area contributed by atoms with Gasteiger partial charge in [0.05, 0.1) is 19.3 Å². The fourth-order valence-electron chi connectivity index (χ4n) is 2.32. The highest BCUT2D eigenvalue weighted by Gasteiger charge is 2.07. The Morgan fingerprint density at radius 3 is 2.43 bits per heavy atom. The van der Waals surface area contributed by atoms with Gasteiger partial charge in [0, 0.05) is 18.1 Å². The van der Waals surface area contributed by atoms with Crippen molar-refractivity contribution >= 4 is 11.6 Å². The first kappa shape index (κ1) is 18.0. The number of aliphatic hydroxyl groups is 1. The summed E-state index contributed by atoms with van der Waals surface area (Å²) in [6, 6.07) is 17.9. The van der Waals surface area contributed by atoms with Crippen LogP contribution in [0.25, 0.3) is 0 Å². The quantitative estimate of drug-likeness (QED) is 0.736. The molecule has 0 saturated heterocycles. The van der Waals surface area contributed by atoms with Crippen LogP contribution in [0.1, 0.15) is 24.0 Å². The largest absolute Gasteiger partial charge is 0.389 e. The van der Waals surface area contributed by atoms with Crippen LogP contribution in [0.2, 0.25) is 5.02 Å². The number of nitrogens with one attached hydrogen (secondary N) is 1. The van der Waals surface area contributed by atoms with Gasteiger partial charge in [0.1, 0.15) is 0 Å². The first-order valence-corrected chi connectivity index (χ1v) is 8.29. The zero-order valence-corrected chi connectivity index (χ0v) is 14.2. The Morgan fingerprint density at radius 2 is 1.74 bits per heavy atom. The minimum absolute atomic E-state index is 0.315. The van der Waals surface area contributed by atoms with Crippen LogP contribution in [-0.4, -0.2) is 30.9 Å². The van der Waals surface area contributed by atoms with Gasteiger partial charge in [-0.1, -0.05) is 61.0 Å². The molecule has 0 radical (unpaired) electrons. The van der Waals surface area contributed by atoms with Crippen LogP contribution >= 0.6 is 11.6 Å². The highest BCUT2D eigenvalue weighted by Crippen LogP contribution is 2.13. The summed E-state index contributed by atoms with van der Waals surface area (Å²) in [6.45, 7) is 4.33. The molecule has 0 aliphatic carbocycles. The van der Waals surface area contributed by atoms with Gasteiger partial charge in [-0.3, -0.25) is 0 Å². The monoisotopic (exact) mass is 333 g/mol. The molecule has 2 unspecified atom stereocenters. The second-order valence-corrected chi connectivity index (χ2v) is 6.20. The molecule has 0 amide bonds. The van der Waals surface area contributed by atoms with E-state index in [0.717, 1.165) is 12.1 Å². The summed E-state index contributed by atoms with van der Waals surface area (Å²) in [6.07, 6.45) is -0.509. The SMILES string of the molecule is CC(CNCC(O)COCc1ccc(Cl)cc1)c1ccccc1. The zero-order chi connectivity index (χ0) is 16.5. The van der Waals surface area contributed by atoms with Crippen molar-refractivity contribution in [1.82, 2.24) is 5.32 Å². The van der Waals surface area contributed by atoms with E-state index in [0.29, 0.717) is 30.7 Å². The van der Waals surface area contributed by atoms with Crippen molar-refractivity contribution in [2.45, 2.75) is 25.6 Å². The lowest BCUT2D eigenvalue weighted by Crippen LogP contribution is -2.32. The molecule has 0 aromatic heterocycles. The molecule has 0 spiro atoms. The first-order valence-electron chi connectivity index (χ1n) is 7.91. The minimum Gasteiger partial charge on any atom is -0.389 e. The Morgan fingerprint density at radius 1 is 1.04 bits per heavy atom. The van der Waals surface area contributed by atoms with E-state index >= 15 is 0 Å². The molecule has 2 aromatic carbocycles. The summed E-state index contributed by atoms with van der Waals surface area (Å²) < 4.78 is 5.53. The van der Waals surface area contributed by atoms with Crippen molar-refractivity contribution in [2.24, 2.45) is 0 Å². The van der Waals surface area contributed by atoms with E-state index in [2.05, 4.69) is 24.4 Å². The van der Waals surface area contributed by atoms with Crippen molar-refractivity contribution in [3.63, 3.8) is 0 Å². The summed E-state index contributed by atoms with van der Waals surface area (Å²) in [5.74, 6) is 0.415. The Kier molecular flexibility index (Phi) is 7.56. The summed E-state index contributed by atoms with van der Waals surface area (Å²) in [7, 11) is 0. The predicted octanol–water partition coefficient (Wildman–Crippen LogP) is 3.61. The van der Waals surface area contributed by atoms with Gasteiger partial charge in [-0.2, -0.15) is 0 Å². The molecule has 0 aliphatic rings. The lowest BCUT2D eigenvalue weighted by atomic mass is 10.0. The topological polar surface area (TPSA) is 41.5 Å². The van der Waals surface area contributed by atoms with E-state index in [-0.39, 0.29) is 0 Å². The molecule has 2 rings (SSSR count). The molecular weight excluding hydrogens is 310 g/mol. The first-order chi connectivity index (χ1) is 11.1. The van der Waals surface area contributed by atoms with Gasteiger partial charge < -0.3 is 15.2 Å². The van der Waals surface area contributed by atoms with Gasteiger partial charge in [0.25, 0.3) is 0 Å². The summed E-state index contributed by atoms with van der Waals surface area (Å²) >= 11 is 5.83. The van der Waals surface area contributed by atoms with E-state index in [1.54, 1.807) is 0 Å². The van der Waals surface area contributed by atoms with E-state index in [1.165, 1.54) is 5.56 Å². The second-order valence-electron chi connectivity index (χ2n) is 5.77. The number of hydrogen-bond acceptors (Lipinski definition) is 3. The number of rotatable bonds is 9. The van der Waals surface area contributed by atoms with Gasteiger partial charge >= 0.3 is 0 Å². The standard InChI is InChI=1S/C19H24ClNO2/c1-15(17-5-3-2-4-6-17)11-21-12-19(22)14-23-13-16-7-9-18(20)10-8-16/h2-10,15,19,21-22H,11-14H2,1H3. The number of halogens is 1. The van der Waals surface area contributed by atoms with Gasteiger partial charge in [0.15, 0.2) is 0 Å². The van der Waals surface area contributed by atoms with E-state index in [1.807, 2.05) is 42.5 Å². The van der Waals surface area contributed by atoms with Crippen molar-refractivity contribution in [3.8, 4) is 0 Å². The normalized spacial score (nSPS) is 13.7. The Balaban J connectivity index is 1.60. The predicted molar refractivity (Wildman–Crippen MR) is 94.8 cm³/mol. The highest BCUT2D eigenvalue weighted by molar-refractivity contribution is 6.30. The molecular formula is C19H24ClNO2. The Bertz CT molecular complexity index is 559. The molecule has 0 fully saturated rings. The van der Waals surface area contributed by atoms with Crippen molar-refractivity contribution in [2.75, 3.05) is 19.7 Å². The van der Waals surface area contributed by atoms with Crippen LogP contribution < -0.4 is 5.32 Å². The maximum Gasteiger partial charge on any atom is 0.0897 e. The van der Waals surface area contributed by atoms with Crippen LogP contribution in [0.4, 0.5) is 0 Å². The molecule has 0 aliphatic heterocycles. The fourth-order valence-corrected chi connectivity index (χ4v) is 2.44. The van der Waals surface area contributed by atoms with E-state index in [4.69, 9.17) is 16.3 Å². The fraction of sp³-hybridized carbons (Fsp3) is 0.368. The average Bonchev–Trinajstić information content (AvgIpc) is 2.57. The molecule has 0 saturated carbocycles. The van der Waals surface area contributed by atoms with Crippen molar-refractivity contribution in [3.05, 3.63) is 70.7 Å². The Labute approximate surface area is 143 Å². The van der Waals surface area contributed by atoms with Gasteiger partial charge in [0.2, 0.25) is 0 Å². The molecule has 2 N–H and O–H groups in total. The van der Waals surface area contributed by atoms with Crippen LogP contribution in [-0.2, 0) is 11.3 Å². The van der Waals surface area contributed by atoms with Gasteiger partial charge in [-0.05, 0) is 29.2 Å². The van der Waals surface area contributed by atoms with Crippen LogP contribution in [0, 0.1) is 0 Å². The molecule has 2 atom stereocenters. The summed E-state index contributed by atoms with van der Waals surface area (Å²) in [5, 5.41) is 14.0. The maximum absolute atomic E-state index is 9.95. The zero-order valence-electron chi connectivity index (χ0n) is 13.4. The third-order valence-corrected chi connectivity index (χ3v) is 3.94. The lowest BCUT2D eigenvalue weighted by molar-refractivity contribution is 0.0288. The lowest BCUT2D eigenvalue weighted by Gasteiger charge is -2.16. The van der Waals surface area contributed by atoms with Crippen molar-refractivity contribution < 1.29 is 9.84 Å². The second kappa shape index (κ2) is 9.68. The molecule has 0 bridgehead atoms. The molecule has 124 valence electrons. The Hall–Kier alpha value is -1.39. The molecule has 23 heavy (non-hydrogen) atoms. The number of benzene rings is 2. The molecule has 3 nitrogen and oxygen atoms in total. The summed E-state index contributed by atoms with van der Waals surface area (Å²) in [5.41, 5.74) is 2.35. The third-order valence-electron chi connectivity index (χ3n) is 3.69. The molecule has 4 heteroatoms. The molecule has 2 aromatic rings. The maximum atomic E-state index is 9.95. The molecule has 0 heterocycles. The minimum atomic E-state index is -0.509. The van der Waals surface area contributed by atoms with E-state index in [9.17, 15) is 5.11 Å². The number of ether oxygens (including phenoxy) is 1. The van der Waals surface area contributed by atoms with Crippen LogP contribution in [0.15, 0.2) is 54.6 Å². The van der Waals surface area contributed by atoms with Gasteiger partial charge in [-0.25, -0.2) is 0 Å². The average molecular weight is 334 g/mol. The van der Waals surface area contributed by atoms with Crippen LogP contribution in [0.5, 0.6) is 0 Å². The smallest absolute Gasteiger partial charge is 0.0897 e.